The highest BCUT2D eigenvalue weighted by Crippen LogP contribution is 2.03. The number of hydrogen-bond acceptors (Lipinski definition) is 4. The molecule has 4 N–H and O–H groups in total. The molecule has 0 bridgehead atoms. The number of carbonyl (C=O) groups is 1. The first kappa shape index (κ1) is 23.3. The Morgan fingerprint density at radius 1 is 0.840 bits per heavy atom. The van der Waals surface area contributed by atoms with E-state index in [1.54, 1.807) is 36.5 Å². The van der Waals surface area contributed by atoms with Gasteiger partial charge in [0.1, 0.15) is 0 Å². The molecule has 0 rings (SSSR count). The zero-order chi connectivity index (χ0) is 18.8. The van der Waals surface area contributed by atoms with Crippen LogP contribution in [0.25, 0.3) is 0 Å². The average Bonchev–Trinajstić information content (AvgIpc) is 2.56. The third-order valence-electron chi connectivity index (χ3n) is 3.46. The summed E-state index contributed by atoms with van der Waals surface area (Å²) >= 11 is 0. The molecule has 0 aliphatic carbocycles. The Morgan fingerprint density at radius 3 is 2.16 bits per heavy atom. The summed E-state index contributed by atoms with van der Waals surface area (Å²) in [6.45, 7) is 0.250. The van der Waals surface area contributed by atoms with Crippen LogP contribution in [0.5, 0.6) is 0 Å². The van der Waals surface area contributed by atoms with Crippen molar-refractivity contribution in [3.63, 3.8) is 0 Å². The molecule has 0 spiro atoms. The molecule has 0 aromatic rings. The standard InChI is InChI=1S/C20H32O5/c21-17-10-6-2-1-3-7-12-18(22)13-8-4-5-9-14-19(23)15-11-16-20(24)25/h3-5,7-9,13-14,18-19,21-23H,1-2,6,10-12,15-17H2,(H,24,25)/t18-,19-/m1/s1. The SMILES string of the molecule is O=C(O)CCC[C@H](O)C=CC=CC=C[C@H](O)CC=CCCCCCO. The molecule has 0 radical (unpaired) electrons. The van der Waals surface area contributed by atoms with Crippen LogP contribution in [-0.4, -0.2) is 45.2 Å². The van der Waals surface area contributed by atoms with Crippen LogP contribution in [0.4, 0.5) is 0 Å². The molecule has 0 heterocycles. The molecule has 0 saturated carbocycles. The molecule has 0 saturated heterocycles. The van der Waals surface area contributed by atoms with Crippen LogP contribution in [0.2, 0.25) is 0 Å². The van der Waals surface area contributed by atoms with Crippen molar-refractivity contribution in [1.29, 1.82) is 0 Å². The lowest BCUT2D eigenvalue weighted by Gasteiger charge is -2.02. The summed E-state index contributed by atoms with van der Waals surface area (Å²) in [7, 11) is 0. The molecule has 142 valence electrons. The van der Waals surface area contributed by atoms with Gasteiger partial charge in [-0.2, -0.15) is 0 Å². The van der Waals surface area contributed by atoms with Crippen LogP contribution in [0.15, 0.2) is 48.6 Å². The van der Waals surface area contributed by atoms with Gasteiger partial charge in [-0.1, -0.05) is 55.0 Å². The smallest absolute Gasteiger partial charge is 0.303 e. The van der Waals surface area contributed by atoms with Crippen LogP contribution < -0.4 is 0 Å². The van der Waals surface area contributed by atoms with Gasteiger partial charge in [-0.25, -0.2) is 0 Å². The van der Waals surface area contributed by atoms with E-state index in [2.05, 4.69) is 6.08 Å². The number of aliphatic carboxylic acids is 1. The molecule has 25 heavy (non-hydrogen) atoms. The van der Waals surface area contributed by atoms with Crippen molar-refractivity contribution >= 4 is 5.97 Å². The molecule has 0 fully saturated rings. The normalized spacial score (nSPS) is 15.0. The molecule has 2 atom stereocenters. The maximum absolute atomic E-state index is 10.4. The van der Waals surface area contributed by atoms with Crippen LogP contribution >= 0.6 is 0 Å². The van der Waals surface area contributed by atoms with Crippen LogP contribution in [-0.2, 0) is 4.79 Å². The minimum Gasteiger partial charge on any atom is -0.481 e. The van der Waals surface area contributed by atoms with Crippen molar-refractivity contribution in [3.8, 4) is 0 Å². The minimum atomic E-state index is -0.851. The Labute approximate surface area is 150 Å². The summed E-state index contributed by atoms with van der Waals surface area (Å²) in [6, 6.07) is 0. The van der Waals surface area contributed by atoms with Gasteiger partial charge in [0.15, 0.2) is 0 Å². The molecular formula is C20H32O5. The van der Waals surface area contributed by atoms with Crippen molar-refractivity contribution < 1.29 is 25.2 Å². The third kappa shape index (κ3) is 18.5. The first-order valence-electron chi connectivity index (χ1n) is 8.91. The lowest BCUT2D eigenvalue weighted by Crippen LogP contribution is -2.03. The highest BCUT2D eigenvalue weighted by Gasteiger charge is 2.01. The molecule has 5 nitrogen and oxygen atoms in total. The second-order valence-corrected chi connectivity index (χ2v) is 5.86. The van der Waals surface area contributed by atoms with Gasteiger partial charge >= 0.3 is 5.97 Å². The van der Waals surface area contributed by atoms with Gasteiger partial charge in [0.25, 0.3) is 0 Å². The summed E-state index contributed by atoms with van der Waals surface area (Å²) in [5.74, 6) is -0.851. The molecule has 0 aromatic heterocycles. The number of aliphatic hydroxyl groups excluding tert-OH is 3. The summed E-state index contributed by atoms with van der Waals surface area (Å²) < 4.78 is 0. The largest absolute Gasteiger partial charge is 0.481 e. The molecule has 0 aliphatic rings. The van der Waals surface area contributed by atoms with E-state index in [0.29, 0.717) is 19.3 Å². The summed E-state index contributed by atoms with van der Waals surface area (Å²) in [6.07, 6.45) is 18.5. The lowest BCUT2D eigenvalue weighted by molar-refractivity contribution is -0.137. The van der Waals surface area contributed by atoms with E-state index in [1.807, 2.05) is 6.08 Å². The van der Waals surface area contributed by atoms with Gasteiger partial charge in [0, 0.05) is 13.0 Å². The van der Waals surface area contributed by atoms with Crippen LogP contribution in [0, 0.1) is 0 Å². The van der Waals surface area contributed by atoms with Gasteiger partial charge in [-0.15, -0.1) is 0 Å². The second kappa shape index (κ2) is 17.1. The third-order valence-corrected chi connectivity index (χ3v) is 3.46. The average molecular weight is 352 g/mol. The summed E-state index contributed by atoms with van der Waals surface area (Å²) in [5.41, 5.74) is 0. The van der Waals surface area contributed by atoms with E-state index in [1.165, 1.54) is 0 Å². The van der Waals surface area contributed by atoms with E-state index in [9.17, 15) is 15.0 Å². The van der Waals surface area contributed by atoms with E-state index < -0.39 is 18.2 Å². The van der Waals surface area contributed by atoms with Crippen molar-refractivity contribution in [2.75, 3.05) is 6.61 Å². The number of aliphatic hydroxyl groups is 3. The fourth-order valence-electron chi connectivity index (χ4n) is 2.05. The molecule has 5 heteroatoms. The molecule has 0 aliphatic heterocycles. The zero-order valence-electron chi connectivity index (χ0n) is 14.8. The van der Waals surface area contributed by atoms with E-state index in [0.717, 1.165) is 25.7 Å². The summed E-state index contributed by atoms with van der Waals surface area (Å²) in [5, 5.41) is 36.5. The van der Waals surface area contributed by atoms with Crippen LogP contribution in [0.3, 0.4) is 0 Å². The van der Waals surface area contributed by atoms with Gasteiger partial charge in [-0.05, 0) is 38.5 Å². The van der Waals surface area contributed by atoms with E-state index in [4.69, 9.17) is 10.2 Å². The fraction of sp³-hybridized carbons (Fsp3) is 0.550. The Hall–Kier alpha value is -1.69. The maximum Gasteiger partial charge on any atom is 0.303 e. The number of rotatable bonds is 15. The van der Waals surface area contributed by atoms with E-state index in [-0.39, 0.29) is 13.0 Å². The molecule has 0 amide bonds. The molecule has 0 unspecified atom stereocenters. The van der Waals surface area contributed by atoms with Gasteiger partial charge in [0.05, 0.1) is 12.2 Å². The Morgan fingerprint density at radius 2 is 1.52 bits per heavy atom. The Bertz CT molecular complexity index is 437. The second-order valence-electron chi connectivity index (χ2n) is 5.86. The summed E-state index contributed by atoms with van der Waals surface area (Å²) in [4.78, 5) is 10.4. The minimum absolute atomic E-state index is 0.0679. The van der Waals surface area contributed by atoms with Crippen molar-refractivity contribution in [2.24, 2.45) is 0 Å². The topological polar surface area (TPSA) is 98.0 Å². The number of unbranched alkanes of at least 4 members (excludes halogenated alkanes) is 3. The van der Waals surface area contributed by atoms with E-state index >= 15 is 0 Å². The quantitative estimate of drug-likeness (QED) is 0.206. The number of carboxylic acids is 1. The van der Waals surface area contributed by atoms with Gasteiger partial charge in [-0.3, -0.25) is 4.79 Å². The predicted octanol–water partition coefficient (Wildman–Crippen LogP) is 3.13. The fourth-order valence-corrected chi connectivity index (χ4v) is 2.05. The Balaban J connectivity index is 3.79. The van der Waals surface area contributed by atoms with Crippen molar-refractivity contribution in [2.45, 2.75) is 63.6 Å². The first-order chi connectivity index (χ1) is 12.1. The molecular weight excluding hydrogens is 320 g/mol. The predicted molar refractivity (Wildman–Crippen MR) is 100 cm³/mol. The highest BCUT2D eigenvalue weighted by atomic mass is 16.4. The number of carboxylic acid groups (broad SMARTS) is 1. The molecule has 0 aromatic carbocycles. The number of allylic oxidation sites excluding steroid dienone is 5. The van der Waals surface area contributed by atoms with Crippen molar-refractivity contribution in [1.82, 2.24) is 0 Å². The van der Waals surface area contributed by atoms with Crippen molar-refractivity contribution in [3.05, 3.63) is 48.6 Å². The monoisotopic (exact) mass is 352 g/mol. The van der Waals surface area contributed by atoms with Gasteiger partial charge < -0.3 is 20.4 Å². The van der Waals surface area contributed by atoms with Gasteiger partial charge in [0.2, 0.25) is 0 Å². The lowest BCUT2D eigenvalue weighted by atomic mass is 10.1. The maximum atomic E-state index is 10.4. The number of hydrogen-bond donors (Lipinski definition) is 4. The first-order valence-corrected chi connectivity index (χ1v) is 8.91. The zero-order valence-corrected chi connectivity index (χ0v) is 14.8. The highest BCUT2D eigenvalue weighted by molar-refractivity contribution is 5.66. The van der Waals surface area contributed by atoms with Crippen LogP contribution in [0.1, 0.15) is 51.4 Å². The Kier molecular flexibility index (Phi) is 16.0.